The molecule has 0 spiro atoms. The third kappa shape index (κ3) is 9.95. The summed E-state index contributed by atoms with van der Waals surface area (Å²) in [4.78, 5) is 15.6. The fourth-order valence-electron chi connectivity index (χ4n) is 8.90. The lowest BCUT2D eigenvalue weighted by atomic mass is 9.68. The second kappa shape index (κ2) is 19.4. The number of methoxy groups -OCH3 is 2. The molecule has 1 unspecified atom stereocenters. The van der Waals surface area contributed by atoms with E-state index in [1.54, 1.807) is 26.4 Å². The third-order valence-electron chi connectivity index (χ3n) is 12.3. The number of halogens is 1. The van der Waals surface area contributed by atoms with E-state index in [1.807, 2.05) is 0 Å². The molecule has 5 aromatic carbocycles. The predicted molar refractivity (Wildman–Crippen MR) is 227 cm³/mol. The normalized spacial score (nSPS) is 15.7. The van der Waals surface area contributed by atoms with Crippen LogP contribution in [0.3, 0.4) is 0 Å². The van der Waals surface area contributed by atoms with E-state index >= 15 is 0 Å². The van der Waals surface area contributed by atoms with Crippen LogP contribution < -0.4 is 20.1 Å². The van der Waals surface area contributed by atoms with E-state index in [0.29, 0.717) is 25.4 Å². The molecule has 1 saturated carbocycles. The van der Waals surface area contributed by atoms with E-state index < -0.39 is 0 Å². The van der Waals surface area contributed by atoms with Crippen LogP contribution in [-0.4, -0.2) is 50.7 Å². The molecular formula is C50H58FN3O3. The van der Waals surface area contributed by atoms with E-state index in [2.05, 4.69) is 113 Å². The van der Waals surface area contributed by atoms with Crippen LogP contribution in [0.2, 0.25) is 0 Å². The molecule has 7 rings (SSSR count). The van der Waals surface area contributed by atoms with Crippen molar-refractivity contribution in [3.63, 3.8) is 0 Å². The molecule has 1 amide bonds. The van der Waals surface area contributed by atoms with Gasteiger partial charge in [0.2, 0.25) is 5.91 Å². The van der Waals surface area contributed by atoms with Gasteiger partial charge in [0.15, 0.2) is 11.5 Å². The summed E-state index contributed by atoms with van der Waals surface area (Å²) >= 11 is 0. The number of ether oxygens (including phenoxy) is 2. The van der Waals surface area contributed by atoms with Gasteiger partial charge in [0.1, 0.15) is 5.82 Å². The van der Waals surface area contributed by atoms with Crippen LogP contribution >= 0.6 is 0 Å². The average molecular weight is 768 g/mol. The lowest BCUT2D eigenvalue weighted by Gasteiger charge is -2.40. The number of nitrogens with zero attached hydrogens (tertiary/aromatic N) is 1. The lowest BCUT2D eigenvalue weighted by molar-refractivity contribution is -0.121. The first-order chi connectivity index (χ1) is 28.0. The molecule has 0 aromatic heterocycles. The van der Waals surface area contributed by atoms with Crippen LogP contribution in [0.4, 0.5) is 4.39 Å². The largest absolute Gasteiger partial charge is 0.493 e. The first-order valence-electron chi connectivity index (χ1n) is 20.9. The Bertz CT molecular complexity index is 1980. The summed E-state index contributed by atoms with van der Waals surface area (Å²) in [6.45, 7) is 3.39. The van der Waals surface area contributed by atoms with Crippen LogP contribution in [0.25, 0.3) is 0 Å². The van der Waals surface area contributed by atoms with Crippen molar-refractivity contribution >= 4 is 5.91 Å². The molecule has 5 aromatic rings. The molecule has 298 valence electrons. The van der Waals surface area contributed by atoms with E-state index in [1.165, 1.54) is 64.8 Å². The summed E-state index contributed by atoms with van der Waals surface area (Å²) in [7, 11) is 3.43. The molecule has 0 radical (unpaired) electrons. The Hall–Kier alpha value is -4.98. The lowest BCUT2D eigenvalue weighted by Crippen LogP contribution is -2.38. The van der Waals surface area contributed by atoms with E-state index in [4.69, 9.17) is 9.47 Å². The van der Waals surface area contributed by atoms with Gasteiger partial charge in [0.05, 0.1) is 20.3 Å². The molecular weight excluding hydrogens is 710 g/mol. The summed E-state index contributed by atoms with van der Waals surface area (Å²) in [5.74, 6) is 1.31. The molecule has 2 N–H and O–H groups in total. The molecule has 57 heavy (non-hydrogen) atoms. The highest BCUT2D eigenvalue weighted by molar-refractivity contribution is 5.76. The summed E-state index contributed by atoms with van der Waals surface area (Å²) in [5, 5.41) is 6.90. The molecule has 1 heterocycles. The Kier molecular flexibility index (Phi) is 13.7. The van der Waals surface area contributed by atoms with Crippen molar-refractivity contribution in [2.45, 2.75) is 88.3 Å². The quantitative estimate of drug-likeness (QED) is 0.0820. The zero-order chi connectivity index (χ0) is 39.5. The van der Waals surface area contributed by atoms with E-state index in [-0.39, 0.29) is 23.2 Å². The number of amides is 1. The highest BCUT2D eigenvalue weighted by atomic mass is 19.1. The van der Waals surface area contributed by atoms with Gasteiger partial charge in [-0.25, -0.2) is 4.39 Å². The molecule has 0 bridgehead atoms. The zero-order valence-electron chi connectivity index (χ0n) is 33.7. The molecule has 1 aliphatic carbocycles. The van der Waals surface area contributed by atoms with Gasteiger partial charge >= 0.3 is 0 Å². The van der Waals surface area contributed by atoms with Crippen molar-refractivity contribution in [2.24, 2.45) is 0 Å². The Balaban J connectivity index is 1.09. The number of rotatable bonds is 19. The van der Waals surface area contributed by atoms with Gasteiger partial charge in [0, 0.05) is 37.5 Å². The number of carbonyl (C=O) groups is 1. The second-order valence-electron chi connectivity index (χ2n) is 15.8. The predicted octanol–water partition coefficient (Wildman–Crippen LogP) is 9.73. The number of hydrogen-bond acceptors (Lipinski definition) is 5. The van der Waals surface area contributed by atoms with Crippen molar-refractivity contribution in [1.29, 1.82) is 0 Å². The highest BCUT2D eigenvalue weighted by Crippen LogP contribution is 2.44. The van der Waals surface area contributed by atoms with E-state index in [0.717, 1.165) is 68.8 Å². The van der Waals surface area contributed by atoms with Crippen molar-refractivity contribution in [1.82, 2.24) is 15.5 Å². The van der Waals surface area contributed by atoms with Crippen molar-refractivity contribution in [2.75, 3.05) is 33.9 Å². The molecule has 7 heteroatoms. The minimum Gasteiger partial charge on any atom is -0.493 e. The van der Waals surface area contributed by atoms with Gasteiger partial charge in [-0.2, -0.15) is 0 Å². The van der Waals surface area contributed by atoms with Gasteiger partial charge < -0.3 is 20.1 Å². The maximum absolute atomic E-state index is 13.4. The van der Waals surface area contributed by atoms with E-state index in [9.17, 15) is 9.18 Å². The summed E-state index contributed by atoms with van der Waals surface area (Å²) in [5.41, 5.74) is 8.56. The molecule has 1 fully saturated rings. The van der Waals surface area contributed by atoms with Crippen molar-refractivity contribution in [3.8, 4) is 11.5 Å². The molecule has 0 saturated heterocycles. The Morgan fingerprint density at radius 3 is 2.05 bits per heavy atom. The smallest absolute Gasteiger partial charge is 0.220 e. The number of hydrogen-bond donors (Lipinski definition) is 2. The average Bonchev–Trinajstić information content (AvgIpc) is 3.24. The number of nitrogens with one attached hydrogen (secondary N) is 2. The molecule has 1 aliphatic heterocycles. The Morgan fingerprint density at radius 1 is 0.789 bits per heavy atom. The van der Waals surface area contributed by atoms with Crippen molar-refractivity contribution < 1.29 is 18.7 Å². The minimum absolute atomic E-state index is 0.0256. The molecule has 2 aliphatic rings. The Morgan fingerprint density at radius 2 is 1.42 bits per heavy atom. The topological polar surface area (TPSA) is 62.8 Å². The Labute approximate surface area is 338 Å². The SMILES string of the molecule is COc1cc2c(cc1OC)C(c1ccc(CNC3CCC3)cc1)N(CCCC(CCCNC(=O)CCc1ccc(F)cc1)(c1ccccc1)c1ccccc1)CC2. The fourth-order valence-corrected chi connectivity index (χ4v) is 8.90. The van der Waals surface area contributed by atoms with Gasteiger partial charge in [-0.3, -0.25) is 9.69 Å². The van der Waals surface area contributed by atoms with Gasteiger partial charge in [-0.15, -0.1) is 0 Å². The van der Waals surface area contributed by atoms with Crippen LogP contribution in [0.5, 0.6) is 11.5 Å². The van der Waals surface area contributed by atoms with Gasteiger partial charge in [0.25, 0.3) is 0 Å². The van der Waals surface area contributed by atoms with Gasteiger partial charge in [-0.05, 0) is 121 Å². The van der Waals surface area contributed by atoms with Crippen LogP contribution in [0, 0.1) is 5.82 Å². The number of aryl methyl sites for hydroxylation is 1. The number of carbonyl (C=O) groups excluding carboxylic acids is 1. The van der Waals surface area contributed by atoms with Crippen LogP contribution in [0.15, 0.2) is 121 Å². The monoisotopic (exact) mass is 767 g/mol. The summed E-state index contributed by atoms with van der Waals surface area (Å²) in [6, 6.07) is 42.6. The third-order valence-corrected chi connectivity index (χ3v) is 12.3. The first-order valence-corrected chi connectivity index (χ1v) is 20.9. The highest BCUT2D eigenvalue weighted by Gasteiger charge is 2.35. The molecule has 6 nitrogen and oxygen atoms in total. The first kappa shape index (κ1) is 40.2. The second-order valence-corrected chi connectivity index (χ2v) is 15.8. The summed E-state index contributed by atoms with van der Waals surface area (Å²) in [6.07, 6.45) is 9.52. The van der Waals surface area contributed by atoms with Crippen molar-refractivity contribution in [3.05, 3.63) is 166 Å². The standard InChI is InChI=1S/C50H58FN3O3/c1-56-46-34-40-28-33-54(49(45(40)35-47(46)57-2)39-23-18-38(19-24-39)36-53-44-16-9-17-44)32-11-30-50(41-12-5-3-6-13-41,42-14-7-4-8-15-42)29-10-31-52-48(55)27-22-37-20-25-43(51)26-21-37/h3-8,12-15,18-21,23-26,34-35,44,49,53H,9-11,16-17,22,27-33,36H2,1-2H3,(H,52,55). The zero-order valence-corrected chi connectivity index (χ0v) is 33.7. The summed E-state index contributed by atoms with van der Waals surface area (Å²) < 4.78 is 25.0. The number of benzene rings is 5. The fraction of sp³-hybridized carbons (Fsp3) is 0.380. The van der Waals surface area contributed by atoms with Crippen LogP contribution in [-0.2, 0) is 29.6 Å². The number of fused-ring (bicyclic) bond motifs is 1. The van der Waals surface area contributed by atoms with Crippen LogP contribution in [0.1, 0.15) is 96.4 Å². The maximum atomic E-state index is 13.4. The maximum Gasteiger partial charge on any atom is 0.220 e. The minimum atomic E-state index is -0.261. The van der Waals surface area contributed by atoms with Gasteiger partial charge in [-0.1, -0.05) is 103 Å². The molecule has 1 atom stereocenters.